The Hall–Kier alpha value is -3.42. The summed E-state index contributed by atoms with van der Waals surface area (Å²) < 4.78 is 28.1. The Bertz CT molecular complexity index is 1270. The topological polar surface area (TPSA) is 124 Å². The van der Waals surface area contributed by atoms with Gasteiger partial charge in [0.25, 0.3) is 0 Å². The first kappa shape index (κ1) is 34.5. The SMILES string of the molecule is COCCN(CCOC)c1nc(-c2ccc(OCCCCCOc3ccc(C(N)=NO)cc3)cc2)c(CCN2CCOCC2)s1. The van der Waals surface area contributed by atoms with Gasteiger partial charge in [0.05, 0.1) is 45.3 Å². The van der Waals surface area contributed by atoms with Gasteiger partial charge in [0.1, 0.15) is 11.5 Å². The molecule has 12 heteroatoms. The Labute approximate surface area is 270 Å². The van der Waals surface area contributed by atoms with Crippen LogP contribution in [0.1, 0.15) is 29.7 Å². The molecule has 2 aromatic carbocycles. The molecule has 1 aliphatic heterocycles. The number of anilines is 1. The summed E-state index contributed by atoms with van der Waals surface area (Å²) in [6.45, 7) is 8.58. The highest BCUT2D eigenvalue weighted by molar-refractivity contribution is 7.16. The molecule has 0 unspecified atom stereocenters. The van der Waals surface area contributed by atoms with E-state index in [4.69, 9.17) is 39.6 Å². The lowest BCUT2D eigenvalue weighted by Crippen LogP contribution is -2.37. The number of oxime groups is 1. The molecule has 1 aromatic heterocycles. The number of methoxy groups -OCH3 is 2. The summed E-state index contributed by atoms with van der Waals surface area (Å²) in [5.41, 5.74) is 8.38. The second kappa shape index (κ2) is 19.2. The lowest BCUT2D eigenvalue weighted by atomic mass is 10.1. The van der Waals surface area contributed by atoms with E-state index in [0.717, 1.165) is 99.5 Å². The number of benzene rings is 2. The Morgan fingerprint density at radius 1 is 0.911 bits per heavy atom. The van der Waals surface area contributed by atoms with Gasteiger partial charge in [0.15, 0.2) is 11.0 Å². The molecule has 0 spiro atoms. The molecule has 2 heterocycles. The fraction of sp³-hybridized carbons (Fsp3) is 0.515. The number of hydrogen-bond acceptors (Lipinski definition) is 11. The third-order valence-corrected chi connectivity index (χ3v) is 8.73. The van der Waals surface area contributed by atoms with Gasteiger partial charge >= 0.3 is 0 Å². The molecule has 0 radical (unpaired) electrons. The number of unbranched alkanes of at least 4 members (excludes halogenated alkanes) is 2. The summed E-state index contributed by atoms with van der Waals surface area (Å²) in [5.74, 6) is 1.69. The fourth-order valence-electron chi connectivity index (χ4n) is 4.91. The summed E-state index contributed by atoms with van der Waals surface area (Å²) in [6, 6.07) is 15.5. The first-order chi connectivity index (χ1) is 22.1. The Kier molecular flexibility index (Phi) is 14.7. The van der Waals surface area contributed by atoms with Crippen LogP contribution in [0.4, 0.5) is 5.13 Å². The van der Waals surface area contributed by atoms with Gasteiger partial charge < -0.3 is 39.5 Å². The largest absolute Gasteiger partial charge is 0.494 e. The van der Waals surface area contributed by atoms with Gasteiger partial charge in [-0.3, -0.25) is 4.90 Å². The van der Waals surface area contributed by atoms with E-state index < -0.39 is 0 Å². The van der Waals surface area contributed by atoms with E-state index >= 15 is 0 Å². The first-order valence-corrected chi connectivity index (χ1v) is 16.4. The van der Waals surface area contributed by atoms with Crippen LogP contribution in [0.5, 0.6) is 11.5 Å². The van der Waals surface area contributed by atoms with Crippen LogP contribution < -0.4 is 20.1 Å². The van der Waals surface area contributed by atoms with Crippen molar-refractivity contribution in [2.75, 3.05) is 91.5 Å². The molecular weight excluding hydrogens is 594 g/mol. The zero-order valence-corrected chi connectivity index (χ0v) is 27.3. The van der Waals surface area contributed by atoms with E-state index in [1.165, 1.54) is 4.88 Å². The van der Waals surface area contributed by atoms with Crippen LogP contribution >= 0.6 is 11.3 Å². The van der Waals surface area contributed by atoms with Crippen molar-refractivity contribution in [1.29, 1.82) is 0 Å². The lowest BCUT2D eigenvalue weighted by molar-refractivity contribution is 0.0385. The molecule has 3 aromatic rings. The molecule has 1 aliphatic rings. The normalized spacial score (nSPS) is 14.0. The van der Waals surface area contributed by atoms with Crippen molar-refractivity contribution in [2.24, 2.45) is 10.9 Å². The predicted octanol–water partition coefficient (Wildman–Crippen LogP) is 4.51. The summed E-state index contributed by atoms with van der Waals surface area (Å²) in [4.78, 5) is 11.1. The van der Waals surface area contributed by atoms with Crippen LogP contribution in [-0.4, -0.2) is 108 Å². The zero-order valence-electron chi connectivity index (χ0n) is 26.5. The standard InChI is InChI=1S/C33H47N5O6S/c1-40-22-18-38(19-23-41-2)33-35-31(30(45-33)14-15-37-16-24-42-25-17-37)26-6-10-28(11-7-26)43-20-4-3-5-21-44-29-12-8-27(9-13-29)32(34)36-39/h6-13,39H,3-5,14-25H2,1-2H3,(H2,34,36). The number of thiazole rings is 1. The molecule has 45 heavy (non-hydrogen) atoms. The maximum absolute atomic E-state index is 8.77. The molecule has 1 fully saturated rings. The molecule has 0 aliphatic carbocycles. The average Bonchev–Trinajstić information content (AvgIpc) is 3.51. The minimum Gasteiger partial charge on any atom is -0.494 e. The number of aromatic nitrogens is 1. The van der Waals surface area contributed by atoms with Crippen LogP contribution in [0.25, 0.3) is 11.3 Å². The number of hydrogen-bond donors (Lipinski definition) is 2. The number of ether oxygens (including phenoxy) is 5. The molecule has 0 atom stereocenters. The van der Waals surface area contributed by atoms with E-state index in [2.05, 4.69) is 27.1 Å². The summed E-state index contributed by atoms with van der Waals surface area (Å²) in [6.07, 6.45) is 3.80. The number of nitrogens with zero attached hydrogens (tertiary/aromatic N) is 4. The van der Waals surface area contributed by atoms with Crippen LogP contribution in [0, 0.1) is 0 Å². The quantitative estimate of drug-likeness (QED) is 0.0599. The van der Waals surface area contributed by atoms with E-state index in [-0.39, 0.29) is 5.84 Å². The number of morpholine rings is 1. The van der Waals surface area contributed by atoms with E-state index in [0.29, 0.717) is 32.0 Å². The Balaban J connectivity index is 1.28. The van der Waals surface area contributed by atoms with E-state index in [1.807, 2.05) is 24.3 Å². The maximum atomic E-state index is 8.77. The summed E-state index contributed by atoms with van der Waals surface area (Å²) in [7, 11) is 3.45. The molecule has 1 saturated heterocycles. The molecule has 0 amide bonds. The second-order valence-corrected chi connectivity index (χ2v) is 11.8. The summed E-state index contributed by atoms with van der Waals surface area (Å²) in [5, 5.41) is 12.8. The van der Waals surface area contributed by atoms with E-state index in [9.17, 15) is 0 Å². The van der Waals surface area contributed by atoms with Crippen molar-refractivity contribution >= 4 is 22.3 Å². The molecule has 11 nitrogen and oxygen atoms in total. The van der Waals surface area contributed by atoms with Gasteiger partial charge in [-0.05, 0) is 74.2 Å². The molecule has 0 bridgehead atoms. The van der Waals surface area contributed by atoms with Crippen LogP contribution in [0.2, 0.25) is 0 Å². The smallest absolute Gasteiger partial charge is 0.186 e. The molecule has 4 rings (SSSR count). The van der Waals surface area contributed by atoms with Crippen molar-refractivity contribution in [3.63, 3.8) is 0 Å². The van der Waals surface area contributed by atoms with Gasteiger partial charge in [-0.2, -0.15) is 0 Å². The van der Waals surface area contributed by atoms with Gasteiger partial charge in [-0.1, -0.05) is 5.16 Å². The molecular formula is C33H47N5O6S. The third-order valence-electron chi connectivity index (χ3n) is 7.56. The van der Waals surface area contributed by atoms with Gasteiger partial charge in [-0.15, -0.1) is 11.3 Å². The van der Waals surface area contributed by atoms with Crippen LogP contribution in [0.15, 0.2) is 53.7 Å². The van der Waals surface area contributed by atoms with Crippen molar-refractivity contribution in [3.8, 4) is 22.8 Å². The number of nitrogens with two attached hydrogens (primary N) is 1. The number of rotatable bonds is 20. The van der Waals surface area contributed by atoms with Crippen molar-refractivity contribution in [2.45, 2.75) is 25.7 Å². The monoisotopic (exact) mass is 641 g/mol. The Morgan fingerprint density at radius 2 is 1.51 bits per heavy atom. The van der Waals surface area contributed by atoms with Crippen molar-refractivity contribution in [3.05, 3.63) is 59.0 Å². The molecule has 0 saturated carbocycles. The summed E-state index contributed by atoms with van der Waals surface area (Å²) >= 11 is 1.77. The van der Waals surface area contributed by atoms with Crippen molar-refractivity contribution in [1.82, 2.24) is 9.88 Å². The minimum atomic E-state index is 0.0801. The predicted molar refractivity (Wildman–Crippen MR) is 178 cm³/mol. The minimum absolute atomic E-state index is 0.0801. The lowest BCUT2D eigenvalue weighted by Gasteiger charge is -2.26. The second-order valence-electron chi connectivity index (χ2n) is 10.7. The maximum Gasteiger partial charge on any atom is 0.186 e. The number of amidine groups is 1. The fourth-order valence-corrected chi connectivity index (χ4v) is 6.03. The van der Waals surface area contributed by atoms with Crippen molar-refractivity contribution < 1.29 is 28.9 Å². The van der Waals surface area contributed by atoms with Crippen LogP contribution in [-0.2, 0) is 20.6 Å². The third kappa shape index (κ3) is 11.2. The molecule has 246 valence electrons. The highest BCUT2D eigenvalue weighted by Gasteiger charge is 2.19. The Morgan fingerprint density at radius 3 is 2.09 bits per heavy atom. The van der Waals surface area contributed by atoms with Gasteiger partial charge in [0.2, 0.25) is 0 Å². The van der Waals surface area contributed by atoms with Gasteiger partial charge in [0, 0.05) is 62.9 Å². The van der Waals surface area contributed by atoms with E-state index in [1.54, 1.807) is 37.7 Å². The highest BCUT2D eigenvalue weighted by Crippen LogP contribution is 2.34. The highest BCUT2D eigenvalue weighted by atomic mass is 32.1. The van der Waals surface area contributed by atoms with Gasteiger partial charge in [-0.25, -0.2) is 4.98 Å². The average molecular weight is 642 g/mol. The molecule has 3 N–H and O–H groups in total. The van der Waals surface area contributed by atoms with Crippen LogP contribution in [0.3, 0.4) is 0 Å². The zero-order chi connectivity index (χ0) is 31.7. The first-order valence-electron chi connectivity index (χ1n) is 15.6.